The van der Waals surface area contributed by atoms with Gasteiger partial charge in [0, 0.05) is 12.0 Å². The SMILES string of the molecule is C=C(/C=C(F)\C(=C/C)CC(=O)NNC(=NC1COCC1(C)C)C(=O)OC)CNC. The molecule has 0 aromatic heterocycles. The summed E-state index contributed by atoms with van der Waals surface area (Å²) in [7, 11) is 2.94. The van der Waals surface area contributed by atoms with Crippen LogP contribution in [-0.4, -0.2) is 57.7 Å². The van der Waals surface area contributed by atoms with E-state index < -0.39 is 17.7 Å². The van der Waals surface area contributed by atoms with Gasteiger partial charge in [0.15, 0.2) is 0 Å². The number of hydrogen-bond donors (Lipinski definition) is 3. The van der Waals surface area contributed by atoms with Crippen LogP contribution in [0.1, 0.15) is 27.2 Å². The molecule has 0 aromatic rings. The first-order valence-corrected chi connectivity index (χ1v) is 9.28. The molecule has 0 bridgehead atoms. The number of hydrazine groups is 1. The van der Waals surface area contributed by atoms with Gasteiger partial charge >= 0.3 is 5.97 Å². The molecule has 162 valence electrons. The first-order valence-electron chi connectivity index (χ1n) is 9.28. The third-order valence-electron chi connectivity index (χ3n) is 4.38. The van der Waals surface area contributed by atoms with Gasteiger partial charge in [0.05, 0.1) is 32.8 Å². The van der Waals surface area contributed by atoms with Gasteiger partial charge in [-0.25, -0.2) is 9.18 Å². The Hall–Kier alpha value is -2.52. The molecule has 8 nitrogen and oxygen atoms in total. The molecule has 3 N–H and O–H groups in total. The van der Waals surface area contributed by atoms with Crippen LogP contribution >= 0.6 is 0 Å². The highest BCUT2D eigenvalue weighted by Gasteiger charge is 2.36. The van der Waals surface area contributed by atoms with Crippen LogP contribution in [0.25, 0.3) is 0 Å². The molecule has 0 radical (unpaired) electrons. The van der Waals surface area contributed by atoms with Gasteiger partial charge < -0.3 is 14.8 Å². The number of likely N-dealkylation sites (N-methyl/N-ethyl adjacent to an activating group) is 1. The number of ether oxygens (including phenoxy) is 2. The maximum atomic E-state index is 14.3. The van der Waals surface area contributed by atoms with Crippen LogP contribution in [0, 0.1) is 5.41 Å². The normalized spacial score (nSPS) is 19.7. The van der Waals surface area contributed by atoms with Gasteiger partial charge in [0.25, 0.3) is 0 Å². The molecule has 0 spiro atoms. The summed E-state index contributed by atoms with van der Waals surface area (Å²) in [6.45, 7) is 10.6. The van der Waals surface area contributed by atoms with Crippen LogP contribution in [0.4, 0.5) is 4.39 Å². The van der Waals surface area contributed by atoms with Gasteiger partial charge in [-0.05, 0) is 31.2 Å². The van der Waals surface area contributed by atoms with E-state index in [0.717, 1.165) is 0 Å². The monoisotopic (exact) mass is 410 g/mol. The molecular weight excluding hydrogens is 379 g/mol. The third kappa shape index (κ3) is 7.78. The Labute approximate surface area is 171 Å². The summed E-state index contributed by atoms with van der Waals surface area (Å²) in [4.78, 5) is 28.6. The zero-order valence-corrected chi connectivity index (χ0v) is 17.7. The standard InChI is InChI=1S/C20H31FN4O4/c1-7-14(15(21)8-13(2)10-22-5)9-17(26)24-25-18(19(27)28-6)23-16-11-29-12-20(16,3)4/h7-8,16,22H,2,9-12H2,1,3-6H3,(H,23,25)(H,24,26)/b14-7-,15-8+. The van der Waals surface area contributed by atoms with Crippen molar-refractivity contribution in [3.05, 3.63) is 35.7 Å². The topological polar surface area (TPSA) is 101 Å². The van der Waals surface area contributed by atoms with Crippen molar-refractivity contribution in [2.75, 3.05) is 33.9 Å². The molecule has 0 saturated carbocycles. The molecule has 0 aromatic carbocycles. The number of allylic oxidation sites excluding steroid dienone is 2. The number of hydrogen-bond acceptors (Lipinski definition) is 6. The predicted molar refractivity (Wildman–Crippen MR) is 110 cm³/mol. The highest BCUT2D eigenvalue weighted by molar-refractivity contribution is 6.35. The molecule has 1 atom stereocenters. The van der Waals surface area contributed by atoms with E-state index in [4.69, 9.17) is 9.47 Å². The minimum atomic E-state index is -0.728. The Kier molecular flexibility index (Phi) is 9.70. The van der Waals surface area contributed by atoms with Gasteiger partial charge in [0.1, 0.15) is 5.83 Å². The summed E-state index contributed by atoms with van der Waals surface area (Å²) >= 11 is 0. The summed E-state index contributed by atoms with van der Waals surface area (Å²) in [5, 5.41) is 2.87. The second-order valence-electron chi connectivity index (χ2n) is 7.33. The summed E-state index contributed by atoms with van der Waals surface area (Å²) in [6.07, 6.45) is 2.55. The van der Waals surface area contributed by atoms with E-state index in [1.54, 1.807) is 14.0 Å². The van der Waals surface area contributed by atoms with Crippen molar-refractivity contribution in [2.45, 2.75) is 33.2 Å². The predicted octanol–water partition coefficient (Wildman–Crippen LogP) is 1.57. The lowest BCUT2D eigenvalue weighted by molar-refractivity contribution is -0.133. The van der Waals surface area contributed by atoms with Crippen molar-refractivity contribution in [3.63, 3.8) is 0 Å². The van der Waals surface area contributed by atoms with E-state index >= 15 is 0 Å². The van der Waals surface area contributed by atoms with Crippen LogP contribution in [0.5, 0.6) is 0 Å². The Morgan fingerprint density at radius 2 is 2.07 bits per heavy atom. The molecule has 1 saturated heterocycles. The molecule has 1 aliphatic rings. The van der Waals surface area contributed by atoms with Crippen molar-refractivity contribution >= 4 is 17.7 Å². The zero-order valence-electron chi connectivity index (χ0n) is 17.7. The first-order chi connectivity index (χ1) is 13.6. The minimum Gasteiger partial charge on any atom is -0.463 e. The van der Waals surface area contributed by atoms with E-state index in [1.807, 2.05) is 13.8 Å². The number of carbonyl (C=O) groups is 2. The number of rotatable bonds is 7. The van der Waals surface area contributed by atoms with Crippen LogP contribution in [-0.2, 0) is 19.1 Å². The molecule has 1 fully saturated rings. The number of carbonyl (C=O) groups excluding carboxylic acids is 2. The smallest absolute Gasteiger partial charge is 0.375 e. The van der Waals surface area contributed by atoms with Crippen molar-refractivity contribution < 1.29 is 23.5 Å². The summed E-state index contributed by atoms with van der Waals surface area (Å²) in [6, 6.07) is -0.273. The fourth-order valence-electron chi connectivity index (χ4n) is 2.58. The number of nitrogens with zero attached hydrogens (tertiary/aromatic N) is 1. The van der Waals surface area contributed by atoms with E-state index in [9.17, 15) is 14.0 Å². The summed E-state index contributed by atoms with van der Waals surface area (Å²) in [5.74, 6) is -1.97. The van der Waals surface area contributed by atoms with Crippen molar-refractivity contribution in [1.29, 1.82) is 0 Å². The summed E-state index contributed by atoms with van der Waals surface area (Å²) in [5.41, 5.74) is 5.34. The molecule has 1 rings (SSSR count). The Morgan fingerprint density at radius 3 is 2.59 bits per heavy atom. The fourth-order valence-corrected chi connectivity index (χ4v) is 2.58. The second kappa shape index (κ2) is 11.5. The lowest BCUT2D eigenvalue weighted by Crippen LogP contribution is -2.46. The van der Waals surface area contributed by atoms with Crippen molar-refractivity contribution in [2.24, 2.45) is 10.4 Å². The molecular formula is C20H31FN4O4. The zero-order chi connectivity index (χ0) is 22.0. The largest absolute Gasteiger partial charge is 0.463 e. The fraction of sp³-hybridized carbons (Fsp3) is 0.550. The maximum absolute atomic E-state index is 14.3. The lowest BCUT2D eigenvalue weighted by atomic mass is 9.88. The van der Waals surface area contributed by atoms with E-state index in [2.05, 4.69) is 27.7 Å². The molecule has 29 heavy (non-hydrogen) atoms. The minimum absolute atomic E-state index is 0.148. The molecule has 9 heteroatoms. The van der Waals surface area contributed by atoms with Gasteiger partial charge in [-0.15, -0.1) is 0 Å². The first kappa shape index (κ1) is 24.5. The Morgan fingerprint density at radius 1 is 1.38 bits per heavy atom. The quantitative estimate of drug-likeness (QED) is 0.194. The van der Waals surface area contributed by atoms with Gasteiger partial charge in [0.2, 0.25) is 11.7 Å². The number of methoxy groups -OCH3 is 1. The highest BCUT2D eigenvalue weighted by atomic mass is 19.1. The number of halogens is 1. The number of aliphatic imine (C=N–C) groups is 1. The average Bonchev–Trinajstić information content (AvgIpc) is 3.00. The number of nitrogens with one attached hydrogen (secondary N) is 3. The van der Waals surface area contributed by atoms with Crippen LogP contribution in [0.15, 0.2) is 40.7 Å². The Balaban J connectivity index is 2.78. The van der Waals surface area contributed by atoms with Crippen LogP contribution < -0.4 is 16.2 Å². The molecule has 1 amide bonds. The number of amides is 1. The van der Waals surface area contributed by atoms with Gasteiger partial charge in [-0.3, -0.25) is 20.6 Å². The molecule has 1 heterocycles. The van der Waals surface area contributed by atoms with Gasteiger partial charge in [-0.1, -0.05) is 26.5 Å². The lowest BCUT2D eigenvalue weighted by Gasteiger charge is -2.21. The third-order valence-corrected chi connectivity index (χ3v) is 4.38. The Bertz CT molecular complexity index is 713. The van der Waals surface area contributed by atoms with Crippen LogP contribution in [0.3, 0.4) is 0 Å². The van der Waals surface area contributed by atoms with E-state index in [-0.39, 0.29) is 29.3 Å². The molecule has 1 aliphatic heterocycles. The number of esters is 1. The highest BCUT2D eigenvalue weighted by Crippen LogP contribution is 2.29. The van der Waals surface area contributed by atoms with E-state index in [1.165, 1.54) is 19.3 Å². The number of amidine groups is 1. The second-order valence-corrected chi connectivity index (χ2v) is 7.33. The summed E-state index contributed by atoms with van der Waals surface area (Å²) < 4.78 is 24.5. The maximum Gasteiger partial charge on any atom is 0.375 e. The molecule has 1 unspecified atom stereocenters. The van der Waals surface area contributed by atoms with Crippen LogP contribution in [0.2, 0.25) is 0 Å². The average molecular weight is 410 g/mol. The van der Waals surface area contributed by atoms with Crippen molar-refractivity contribution in [1.82, 2.24) is 16.2 Å². The van der Waals surface area contributed by atoms with Gasteiger partial charge in [-0.2, -0.15) is 0 Å². The molecule has 0 aliphatic carbocycles. The van der Waals surface area contributed by atoms with Crippen molar-refractivity contribution in [3.8, 4) is 0 Å². The van der Waals surface area contributed by atoms with E-state index in [0.29, 0.717) is 25.3 Å².